The van der Waals surface area contributed by atoms with Crippen molar-refractivity contribution in [3.63, 3.8) is 0 Å². The molecule has 0 aliphatic carbocycles. The first-order chi connectivity index (χ1) is 10.1. The number of nitrogens with zero attached hydrogens (tertiary/aromatic N) is 2. The van der Waals surface area contributed by atoms with Gasteiger partial charge in [0, 0.05) is 6.04 Å². The summed E-state index contributed by atoms with van der Waals surface area (Å²) in [6.45, 7) is 8.52. The SMILES string of the molecule is CCCCC(C)n1c(CCl)nc2c(OC(C)C)cccc21. The normalized spacial score (nSPS) is 13.0. The summed E-state index contributed by atoms with van der Waals surface area (Å²) < 4.78 is 8.15. The Morgan fingerprint density at radius 1 is 1.29 bits per heavy atom. The molecule has 0 bridgehead atoms. The van der Waals surface area contributed by atoms with E-state index in [1.54, 1.807) is 0 Å². The van der Waals surface area contributed by atoms with Crippen molar-refractivity contribution >= 4 is 22.6 Å². The minimum Gasteiger partial charge on any atom is -0.489 e. The van der Waals surface area contributed by atoms with Crippen LogP contribution in [0.3, 0.4) is 0 Å². The first kappa shape index (κ1) is 16.2. The zero-order valence-electron chi connectivity index (χ0n) is 13.4. The van der Waals surface area contributed by atoms with Gasteiger partial charge in [0.25, 0.3) is 0 Å². The number of alkyl halides is 1. The number of fused-ring (bicyclic) bond motifs is 1. The van der Waals surface area contributed by atoms with E-state index in [-0.39, 0.29) is 6.10 Å². The van der Waals surface area contributed by atoms with Gasteiger partial charge in [0.15, 0.2) is 0 Å². The fourth-order valence-corrected chi connectivity index (χ4v) is 2.89. The van der Waals surface area contributed by atoms with Gasteiger partial charge in [-0.3, -0.25) is 0 Å². The maximum atomic E-state index is 6.12. The van der Waals surface area contributed by atoms with Gasteiger partial charge in [-0.05, 0) is 39.3 Å². The third-order valence-corrected chi connectivity index (χ3v) is 3.89. The smallest absolute Gasteiger partial charge is 0.147 e. The molecule has 1 aromatic carbocycles. The van der Waals surface area contributed by atoms with E-state index in [1.165, 1.54) is 12.8 Å². The predicted octanol–water partition coefficient (Wildman–Crippen LogP) is 5.31. The molecule has 21 heavy (non-hydrogen) atoms. The highest BCUT2D eigenvalue weighted by Gasteiger charge is 2.18. The van der Waals surface area contributed by atoms with E-state index in [2.05, 4.69) is 24.5 Å². The molecule has 0 saturated carbocycles. The molecule has 0 aliphatic rings. The highest BCUT2D eigenvalue weighted by Crippen LogP contribution is 2.31. The summed E-state index contributed by atoms with van der Waals surface area (Å²) in [6.07, 6.45) is 3.69. The van der Waals surface area contributed by atoms with Crippen molar-refractivity contribution in [3.8, 4) is 5.75 Å². The van der Waals surface area contributed by atoms with Crippen molar-refractivity contribution in [3.05, 3.63) is 24.0 Å². The van der Waals surface area contributed by atoms with Crippen molar-refractivity contribution in [2.45, 2.75) is 65.0 Å². The maximum Gasteiger partial charge on any atom is 0.147 e. The Balaban J connectivity index is 2.48. The van der Waals surface area contributed by atoms with E-state index in [1.807, 2.05) is 26.0 Å². The van der Waals surface area contributed by atoms with Crippen molar-refractivity contribution in [1.29, 1.82) is 0 Å². The molecule has 0 amide bonds. The van der Waals surface area contributed by atoms with Crippen LogP contribution in [0, 0.1) is 0 Å². The molecule has 0 N–H and O–H groups in total. The summed E-state index contributed by atoms with van der Waals surface area (Å²) in [6, 6.07) is 6.52. The Kier molecular flexibility index (Phi) is 5.51. The highest BCUT2D eigenvalue weighted by molar-refractivity contribution is 6.16. The van der Waals surface area contributed by atoms with E-state index in [0.29, 0.717) is 11.9 Å². The van der Waals surface area contributed by atoms with Crippen molar-refractivity contribution in [1.82, 2.24) is 9.55 Å². The lowest BCUT2D eigenvalue weighted by molar-refractivity contribution is 0.245. The number of unbranched alkanes of at least 4 members (excludes halogenated alkanes) is 1. The molecule has 3 nitrogen and oxygen atoms in total. The first-order valence-corrected chi connectivity index (χ1v) is 8.34. The van der Waals surface area contributed by atoms with Crippen LogP contribution in [0.5, 0.6) is 5.75 Å². The van der Waals surface area contributed by atoms with E-state index in [4.69, 9.17) is 21.3 Å². The van der Waals surface area contributed by atoms with Crippen molar-refractivity contribution in [2.24, 2.45) is 0 Å². The largest absolute Gasteiger partial charge is 0.489 e. The second-order valence-corrected chi connectivity index (χ2v) is 6.08. The Morgan fingerprint density at radius 3 is 2.67 bits per heavy atom. The van der Waals surface area contributed by atoms with Crippen LogP contribution < -0.4 is 4.74 Å². The summed E-state index contributed by atoms with van der Waals surface area (Å²) in [4.78, 5) is 4.72. The minimum atomic E-state index is 0.137. The second kappa shape index (κ2) is 7.17. The van der Waals surface area contributed by atoms with Crippen molar-refractivity contribution in [2.75, 3.05) is 0 Å². The second-order valence-electron chi connectivity index (χ2n) is 5.81. The quantitative estimate of drug-likeness (QED) is 0.648. The molecule has 0 saturated heterocycles. The third-order valence-electron chi connectivity index (χ3n) is 3.65. The van der Waals surface area contributed by atoms with Gasteiger partial charge in [0.1, 0.15) is 17.1 Å². The van der Waals surface area contributed by atoms with Gasteiger partial charge < -0.3 is 9.30 Å². The first-order valence-electron chi connectivity index (χ1n) is 7.80. The Bertz CT molecular complexity index is 592. The van der Waals surface area contributed by atoms with Gasteiger partial charge in [-0.1, -0.05) is 25.8 Å². The Hall–Kier alpha value is -1.22. The molecular formula is C17H25ClN2O. The third kappa shape index (κ3) is 3.52. The molecular weight excluding hydrogens is 284 g/mol. The number of rotatable bonds is 7. The van der Waals surface area contributed by atoms with Gasteiger partial charge in [-0.15, -0.1) is 11.6 Å². The average Bonchev–Trinajstić information content (AvgIpc) is 2.84. The molecule has 1 unspecified atom stereocenters. The van der Waals surface area contributed by atoms with Crippen LogP contribution >= 0.6 is 11.6 Å². The number of benzene rings is 1. The number of para-hydroxylation sites is 1. The van der Waals surface area contributed by atoms with Gasteiger partial charge in [0.2, 0.25) is 0 Å². The number of hydrogen-bond acceptors (Lipinski definition) is 2. The molecule has 1 aromatic heterocycles. The van der Waals surface area contributed by atoms with E-state index in [0.717, 1.165) is 29.0 Å². The number of hydrogen-bond donors (Lipinski definition) is 0. The Labute approximate surface area is 132 Å². The molecule has 1 atom stereocenters. The zero-order valence-corrected chi connectivity index (χ0v) is 14.2. The lowest BCUT2D eigenvalue weighted by Gasteiger charge is -2.17. The molecule has 0 fully saturated rings. The minimum absolute atomic E-state index is 0.137. The molecule has 0 spiro atoms. The standard InChI is InChI=1S/C17H25ClN2O/c1-5-6-8-13(4)20-14-9-7-10-15(21-12(2)3)17(14)19-16(20)11-18/h7,9-10,12-13H,5-6,8,11H2,1-4H3. The fraction of sp³-hybridized carbons (Fsp3) is 0.588. The monoisotopic (exact) mass is 308 g/mol. The van der Waals surface area contributed by atoms with E-state index < -0.39 is 0 Å². The lowest BCUT2D eigenvalue weighted by Crippen LogP contribution is -2.08. The van der Waals surface area contributed by atoms with Gasteiger partial charge >= 0.3 is 0 Å². The number of ether oxygens (including phenoxy) is 1. The van der Waals surface area contributed by atoms with E-state index >= 15 is 0 Å². The van der Waals surface area contributed by atoms with Crippen LogP contribution in [-0.2, 0) is 5.88 Å². The number of halogens is 1. The molecule has 4 heteroatoms. The van der Waals surface area contributed by atoms with Crippen LogP contribution in [0.25, 0.3) is 11.0 Å². The van der Waals surface area contributed by atoms with Crippen LogP contribution in [-0.4, -0.2) is 15.7 Å². The lowest BCUT2D eigenvalue weighted by atomic mass is 10.1. The van der Waals surface area contributed by atoms with E-state index in [9.17, 15) is 0 Å². The van der Waals surface area contributed by atoms with Crippen LogP contribution in [0.1, 0.15) is 58.8 Å². The van der Waals surface area contributed by atoms with Crippen LogP contribution in [0.4, 0.5) is 0 Å². The van der Waals surface area contributed by atoms with Gasteiger partial charge in [-0.2, -0.15) is 0 Å². The Morgan fingerprint density at radius 2 is 2.05 bits per heavy atom. The van der Waals surface area contributed by atoms with Crippen molar-refractivity contribution < 1.29 is 4.74 Å². The molecule has 2 rings (SSSR count). The molecule has 2 aromatic rings. The summed E-state index contributed by atoms with van der Waals surface area (Å²) in [7, 11) is 0. The molecule has 0 aliphatic heterocycles. The molecule has 1 heterocycles. The van der Waals surface area contributed by atoms with Crippen LogP contribution in [0.2, 0.25) is 0 Å². The highest BCUT2D eigenvalue weighted by atomic mass is 35.5. The number of aromatic nitrogens is 2. The average molecular weight is 309 g/mol. The number of imidazole rings is 1. The summed E-state index contributed by atoms with van der Waals surface area (Å²) in [5.41, 5.74) is 2.04. The van der Waals surface area contributed by atoms with Crippen LogP contribution in [0.15, 0.2) is 18.2 Å². The summed E-state index contributed by atoms with van der Waals surface area (Å²) in [5.74, 6) is 2.19. The topological polar surface area (TPSA) is 27.1 Å². The zero-order chi connectivity index (χ0) is 15.4. The maximum absolute atomic E-state index is 6.12. The van der Waals surface area contributed by atoms with Gasteiger partial charge in [0.05, 0.1) is 17.5 Å². The molecule has 0 radical (unpaired) electrons. The van der Waals surface area contributed by atoms with Gasteiger partial charge in [-0.25, -0.2) is 4.98 Å². The fourth-order valence-electron chi connectivity index (χ4n) is 2.70. The predicted molar refractivity (Wildman–Crippen MR) is 89.3 cm³/mol. The molecule has 116 valence electrons. The summed E-state index contributed by atoms with van der Waals surface area (Å²) in [5, 5.41) is 0. The summed E-state index contributed by atoms with van der Waals surface area (Å²) >= 11 is 6.12.